The number of fused-ring (bicyclic) bond motifs is 1. The monoisotopic (exact) mass is 395 g/mol. The fraction of sp³-hybridized carbons (Fsp3) is 0.778. The zero-order chi connectivity index (χ0) is 20.3. The summed E-state index contributed by atoms with van der Waals surface area (Å²) in [5.41, 5.74) is -0.472. The van der Waals surface area contributed by atoms with E-state index < -0.39 is 10.5 Å². The second-order valence-electron chi connectivity index (χ2n) is 8.39. The molecule has 0 atom stereocenters. The Morgan fingerprint density at radius 3 is 2.64 bits per heavy atom. The summed E-state index contributed by atoms with van der Waals surface area (Å²) in [5.74, 6) is 0.327. The first-order valence-corrected chi connectivity index (χ1v) is 9.76. The molecule has 3 rings (SSSR count). The van der Waals surface area contributed by atoms with E-state index in [1.54, 1.807) is 9.47 Å². The molecule has 1 aromatic rings. The average molecular weight is 395 g/mol. The van der Waals surface area contributed by atoms with Crippen LogP contribution >= 0.6 is 0 Å². The molecule has 2 aliphatic rings. The van der Waals surface area contributed by atoms with Crippen LogP contribution in [0.25, 0.3) is 0 Å². The lowest BCUT2D eigenvalue weighted by molar-refractivity contribution is -0.389. The van der Waals surface area contributed by atoms with Crippen molar-refractivity contribution in [3.63, 3.8) is 0 Å². The van der Waals surface area contributed by atoms with Crippen molar-refractivity contribution < 1.29 is 19.2 Å². The fourth-order valence-electron chi connectivity index (χ4n) is 3.55. The number of ether oxygens (including phenoxy) is 2. The second-order valence-corrected chi connectivity index (χ2v) is 8.39. The van der Waals surface area contributed by atoms with Gasteiger partial charge in [0.1, 0.15) is 18.4 Å². The van der Waals surface area contributed by atoms with Crippen molar-refractivity contribution in [1.29, 1.82) is 0 Å². The maximum atomic E-state index is 12.2. The van der Waals surface area contributed by atoms with Gasteiger partial charge >= 0.3 is 17.9 Å². The summed E-state index contributed by atoms with van der Waals surface area (Å²) < 4.78 is 12.8. The van der Waals surface area contributed by atoms with E-state index in [-0.39, 0.29) is 11.9 Å². The van der Waals surface area contributed by atoms with Crippen LogP contribution < -0.4 is 4.74 Å². The molecule has 0 bridgehead atoms. The Balaban J connectivity index is 1.47. The molecule has 0 aliphatic carbocycles. The number of nitrogens with zero attached hydrogens (tertiary/aromatic N) is 5. The summed E-state index contributed by atoms with van der Waals surface area (Å²) in [5, 5.41) is 10.9. The minimum absolute atomic E-state index is 0.182. The van der Waals surface area contributed by atoms with E-state index in [4.69, 9.17) is 9.47 Å². The normalized spacial score (nSPS) is 19.3. The number of carbonyl (C=O) groups excluding carboxylic acids is 1. The number of rotatable bonds is 3. The lowest BCUT2D eigenvalue weighted by atomic mass is 9.96. The Hall–Kier alpha value is -2.36. The van der Waals surface area contributed by atoms with Crippen molar-refractivity contribution in [2.75, 3.05) is 39.3 Å². The molecule has 1 fully saturated rings. The molecule has 0 radical (unpaired) electrons. The number of imidazole rings is 1. The van der Waals surface area contributed by atoms with Gasteiger partial charge in [-0.05, 0) is 44.5 Å². The van der Waals surface area contributed by atoms with E-state index >= 15 is 0 Å². The van der Waals surface area contributed by atoms with Crippen LogP contribution in [0, 0.1) is 16.0 Å². The van der Waals surface area contributed by atoms with Gasteiger partial charge in [0, 0.05) is 44.3 Å². The van der Waals surface area contributed by atoms with E-state index in [0.29, 0.717) is 38.2 Å². The Labute approximate surface area is 164 Å². The summed E-state index contributed by atoms with van der Waals surface area (Å²) in [6.07, 6.45) is 3.08. The molecule has 3 heterocycles. The third kappa shape index (κ3) is 5.34. The number of carbonyl (C=O) groups is 1. The largest absolute Gasteiger partial charge is 0.444 e. The van der Waals surface area contributed by atoms with Crippen molar-refractivity contribution >= 4 is 11.9 Å². The highest BCUT2D eigenvalue weighted by Crippen LogP contribution is 2.22. The number of likely N-dealkylation sites (tertiary alicyclic amines) is 1. The molecule has 0 unspecified atom stereocenters. The number of amides is 1. The molecule has 2 aliphatic heterocycles. The van der Waals surface area contributed by atoms with Crippen molar-refractivity contribution in [3.8, 4) is 6.01 Å². The average Bonchev–Trinajstić information content (AvgIpc) is 2.99. The van der Waals surface area contributed by atoms with Gasteiger partial charge in [0.2, 0.25) is 0 Å². The molecule has 10 heteroatoms. The van der Waals surface area contributed by atoms with Crippen LogP contribution in [-0.2, 0) is 11.3 Å². The van der Waals surface area contributed by atoms with Crippen LogP contribution in [0.15, 0.2) is 6.20 Å². The van der Waals surface area contributed by atoms with Crippen molar-refractivity contribution in [3.05, 3.63) is 16.3 Å². The standard InChI is InChI=1S/C18H29N5O5/c1-18(2,3)28-17(24)21-6-4-14(5-7-21)12-20-8-9-22-13-15(23(25)26)19-16(22)27-11-10-20/h13-14H,4-12H2,1-3H3. The van der Waals surface area contributed by atoms with Crippen molar-refractivity contribution in [2.24, 2.45) is 5.92 Å². The van der Waals surface area contributed by atoms with E-state index in [1.165, 1.54) is 6.20 Å². The second kappa shape index (κ2) is 8.34. The zero-order valence-electron chi connectivity index (χ0n) is 16.8. The SMILES string of the molecule is CC(C)(C)OC(=O)N1CCC(CN2CCOc3nc([N+](=O)[O-])cn3CC2)CC1. The van der Waals surface area contributed by atoms with Gasteiger partial charge in [0.05, 0.1) is 0 Å². The van der Waals surface area contributed by atoms with Gasteiger partial charge in [0.25, 0.3) is 0 Å². The van der Waals surface area contributed by atoms with Crippen LogP contribution in [0.5, 0.6) is 6.01 Å². The summed E-state index contributed by atoms with van der Waals surface area (Å²) in [4.78, 5) is 30.6. The predicted octanol–water partition coefficient (Wildman–Crippen LogP) is 2.13. The number of piperidine rings is 1. The van der Waals surface area contributed by atoms with Gasteiger partial charge in [-0.1, -0.05) is 0 Å². The number of hydrogen-bond donors (Lipinski definition) is 0. The highest BCUT2D eigenvalue weighted by atomic mass is 16.6. The summed E-state index contributed by atoms with van der Waals surface area (Å²) in [6.45, 7) is 10.6. The van der Waals surface area contributed by atoms with Crippen LogP contribution in [0.4, 0.5) is 10.6 Å². The van der Waals surface area contributed by atoms with E-state index in [1.807, 2.05) is 20.8 Å². The summed E-state index contributed by atoms with van der Waals surface area (Å²) >= 11 is 0. The molecule has 0 saturated carbocycles. The van der Waals surface area contributed by atoms with Crippen molar-refractivity contribution in [1.82, 2.24) is 19.4 Å². The van der Waals surface area contributed by atoms with Gasteiger partial charge in [-0.15, -0.1) is 0 Å². The number of aromatic nitrogens is 2. The third-order valence-electron chi connectivity index (χ3n) is 4.99. The molecule has 156 valence electrons. The molecular formula is C18H29N5O5. The highest BCUT2D eigenvalue weighted by Gasteiger charge is 2.28. The molecule has 0 aromatic carbocycles. The van der Waals surface area contributed by atoms with E-state index in [9.17, 15) is 14.9 Å². The molecule has 10 nitrogen and oxygen atoms in total. The Morgan fingerprint density at radius 2 is 2.00 bits per heavy atom. The van der Waals surface area contributed by atoms with Crippen LogP contribution in [0.3, 0.4) is 0 Å². The molecule has 1 amide bonds. The highest BCUT2D eigenvalue weighted by molar-refractivity contribution is 5.68. The summed E-state index contributed by atoms with van der Waals surface area (Å²) in [7, 11) is 0. The molecule has 28 heavy (non-hydrogen) atoms. The molecule has 1 saturated heterocycles. The third-order valence-corrected chi connectivity index (χ3v) is 4.99. The van der Waals surface area contributed by atoms with E-state index in [0.717, 1.165) is 32.5 Å². The van der Waals surface area contributed by atoms with Crippen LogP contribution in [-0.4, -0.2) is 75.3 Å². The first-order valence-electron chi connectivity index (χ1n) is 9.76. The van der Waals surface area contributed by atoms with Crippen LogP contribution in [0.1, 0.15) is 33.6 Å². The maximum Gasteiger partial charge on any atom is 0.414 e. The lowest BCUT2D eigenvalue weighted by Gasteiger charge is -2.36. The van der Waals surface area contributed by atoms with Gasteiger partial charge in [0.15, 0.2) is 0 Å². The smallest absolute Gasteiger partial charge is 0.414 e. The maximum absolute atomic E-state index is 12.2. The number of hydrogen-bond acceptors (Lipinski definition) is 7. The summed E-state index contributed by atoms with van der Waals surface area (Å²) in [6, 6.07) is 0.317. The fourth-order valence-corrected chi connectivity index (χ4v) is 3.55. The Bertz CT molecular complexity index is 706. The lowest BCUT2D eigenvalue weighted by Crippen LogP contribution is -2.44. The van der Waals surface area contributed by atoms with Crippen molar-refractivity contribution in [2.45, 2.75) is 45.8 Å². The first-order chi connectivity index (χ1) is 13.2. The molecule has 0 spiro atoms. The first kappa shape index (κ1) is 20.4. The Kier molecular flexibility index (Phi) is 6.07. The minimum Gasteiger partial charge on any atom is -0.444 e. The van der Waals surface area contributed by atoms with Gasteiger partial charge in [-0.3, -0.25) is 9.47 Å². The molecule has 1 aromatic heterocycles. The predicted molar refractivity (Wildman–Crippen MR) is 101 cm³/mol. The minimum atomic E-state index is -0.503. The number of nitro groups is 1. The Morgan fingerprint density at radius 1 is 1.29 bits per heavy atom. The van der Waals surface area contributed by atoms with Crippen LogP contribution in [0.2, 0.25) is 0 Å². The zero-order valence-corrected chi connectivity index (χ0v) is 16.8. The molecule has 0 N–H and O–H groups in total. The quantitative estimate of drug-likeness (QED) is 0.570. The van der Waals surface area contributed by atoms with Gasteiger partial charge < -0.3 is 24.5 Å². The molecular weight excluding hydrogens is 366 g/mol. The topological polar surface area (TPSA) is 103 Å². The van der Waals surface area contributed by atoms with E-state index in [2.05, 4.69) is 9.88 Å². The van der Waals surface area contributed by atoms with Gasteiger partial charge in [-0.2, -0.15) is 0 Å². The van der Waals surface area contributed by atoms with Gasteiger partial charge in [-0.25, -0.2) is 4.79 Å².